The number of carboxylic acid groups (broad SMARTS) is 1. The molecule has 1 aliphatic rings. The van der Waals surface area contributed by atoms with Crippen molar-refractivity contribution in [3.63, 3.8) is 0 Å². The summed E-state index contributed by atoms with van der Waals surface area (Å²) in [6, 6.07) is 2.52. The van der Waals surface area contributed by atoms with E-state index in [4.69, 9.17) is 11.6 Å². The predicted octanol–water partition coefficient (Wildman–Crippen LogP) is 3.29. The molecule has 2 nitrogen and oxygen atoms in total. The fraction of sp³-hybridized carbons (Fsp3) is 0.417. The van der Waals surface area contributed by atoms with Crippen LogP contribution in [0.25, 0.3) is 0 Å². The maximum Gasteiger partial charge on any atom is 0.314 e. The predicted molar refractivity (Wildman–Crippen MR) is 59.3 cm³/mol. The Hall–Kier alpha value is -1.09. The first-order chi connectivity index (χ1) is 7.47. The molecule has 0 amide bonds. The van der Waals surface area contributed by atoms with Crippen molar-refractivity contribution >= 4 is 17.6 Å². The largest absolute Gasteiger partial charge is 0.481 e. The fourth-order valence-electron chi connectivity index (χ4n) is 2.27. The van der Waals surface area contributed by atoms with Crippen LogP contribution in [0.5, 0.6) is 0 Å². The Kier molecular flexibility index (Phi) is 2.66. The highest BCUT2D eigenvalue weighted by molar-refractivity contribution is 6.31. The van der Waals surface area contributed by atoms with Crippen LogP contribution in [0.2, 0.25) is 5.02 Å². The van der Waals surface area contributed by atoms with Crippen molar-refractivity contribution in [3.8, 4) is 0 Å². The monoisotopic (exact) mass is 242 g/mol. The lowest BCUT2D eigenvalue weighted by molar-refractivity contribution is -0.147. The van der Waals surface area contributed by atoms with Crippen LogP contribution in [0, 0.1) is 12.7 Å². The van der Waals surface area contributed by atoms with E-state index in [0.29, 0.717) is 29.0 Å². The summed E-state index contributed by atoms with van der Waals surface area (Å²) < 4.78 is 13.3. The fourth-order valence-corrected chi connectivity index (χ4v) is 2.48. The molecular weight excluding hydrogens is 231 g/mol. The molecule has 1 aromatic carbocycles. The molecule has 0 heterocycles. The first-order valence-corrected chi connectivity index (χ1v) is 5.55. The van der Waals surface area contributed by atoms with Crippen LogP contribution in [-0.4, -0.2) is 11.1 Å². The minimum Gasteiger partial charge on any atom is -0.481 e. The van der Waals surface area contributed by atoms with Crippen LogP contribution >= 0.6 is 11.6 Å². The van der Waals surface area contributed by atoms with Gasteiger partial charge < -0.3 is 5.11 Å². The minimum absolute atomic E-state index is 0.294. The van der Waals surface area contributed by atoms with E-state index in [1.807, 2.05) is 0 Å². The third kappa shape index (κ3) is 1.50. The molecule has 0 bridgehead atoms. The van der Waals surface area contributed by atoms with Crippen LogP contribution in [0.1, 0.15) is 30.4 Å². The number of carbonyl (C=O) groups is 1. The van der Waals surface area contributed by atoms with Crippen molar-refractivity contribution in [2.75, 3.05) is 0 Å². The van der Waals surface area contributed by atoms with Crippen LogP contribution < -0.4 is 0 Å². The Bertz CT molecular complexity index is 453. The van der Waals surface area contributed by atoms with Crippen molar-refractivity contribution in [1.82, 2.24) is 0 Å². The van der Waals surface area contributed by atoms with E-state index >= 15 is 0 Å². The summed E-state index contributed by atoms with van der Waals surface area (Å²) in [5.41, 5.74) is 0.275. The van der Waals surface area contributed by atoms with Crippen molar-refractivity contribution in [1.29, 1.82) is 0 Å². The number of rotatable bonds is 2. The summed E-state index contributed by atoms with van der Waals surface area (Å²) >= 11 is 5.88. The van der Waals surface area contributed by atoms with Gasteiger partial charge in [-0.3, -0.25) is 4.79 Å². The van der Waals surface area contributed by atoms with Gasteiger partial charge in [0, 0.05) is 5.02 Å². The Morgan fingerprint density at radius 2 is 2.12 bits per heavy atom. The van der Waals surface area contributed by atoms with Crippen LogP contribution in [0.3, 0.4) is 0 Å². The molecule has 1 fully saturated rings. The highest BCUT2D eigenvalue weighted by atomic mass is 35.5. The van der Waals surface area contributed by atoms with Gasteiger partial charge in [-0.2, -0.15) is 0 Å². The lowest BCUT2D eigenvalue weighted by Crippen LogP contribution is -2.43. The molecule has 1 saturated carbocycles. The van der Waals surface area contributed by atoms with Gasteiger partial charge in [-0.05, 0) is 43.0 Å². The average Bonchev–Trinajstić information content (AvgIpc) is 2.10. The lowest BCUT2D eigenvalue weighted by atomic mass is 9.63. The van der Waals surface area contributed by atoms with E-state index in [1.165, 1.54) is 12.1 Å². The topological polar surface area (TPSA) is 37.3 Å². The number of hydrogen-bond acceptors (Lipinski definition) is 1. The van der Waals surface area contributed by atoms with Gasteiger partial charge in [0.05, 0.1) is 5.41 Å². The maximum atomic E-state index is 13.3. The van der Waals surface area contributed by atoms with Crippen molar-refractivity contribution in [2.24, 2.45) is 0 Å². The van der Waals surface area contributed by atoms with E-state index in [-0.39, 0.29) is 0 Å². The Morgan fingerprint density at radius 1 is 1.50 bits per heavy atom. The van der Waals surface area contributed by atoms with E-state index in [2.05, 4.69) is 0 Å². The molecule has 0 atom stereocenters. The number of hydrogen-bond donors (Lipinski definition) is 1. The highest BCUT2D eigenvalue weighted by Crippen LogP contribution is 2.46. The molecule has 16 heavy (non-hydrogen) atoms. The molecule has 4 heteroatoms. The summed E-state index contributed by atoms with van der Waals surface area (Å²) in [6.07, 6.45) is 1.98. The zero-order chi connectivity index (χ0) is 11.9. The molecule has 0 radical (unpaired) electrons. The molecule has 2 rings (SSSR count). The summed E-state index contributed by atoms with van der Waals surface area (Å²) in [5.74, 6) is -1.36. The van der Waals surface area contributed by atoms with Gasteiger partial charge in [-0.1, -0.05) is 18.0 Å². The molecule has 0 aliphatic heterocycles. The van der Waals surface area contributed by atoms with Crippen LogP contribution in [-0.2, 0) is 10.2 Å². The third-order valence-corrected chi connectivity index (χ3v) is 3.83. The molecule has 0 spiro atoms. The minimum atomic E-state index is -0.921. The Labute approximate surface area is 98.0 Å². The van der Waals surface area contributed by atoms with Gasteiger partial charge in [0.1, 0.15) is 5.82 Å². The molecule has 1 aliphatic carbocycles. The first-order valence-electron chi connectivity index (χ1n) is 5.17. The molecule has 1 N–H and O–H groups in total. The molecule has 0 aromatic heterocycles. The number of benzene rings is 1. The van der Waals surface area contributed by atoms with Crippen LogP contribution in [0.15, 0.2) is 12.1 Å². The number of carboxylic acids is 1. The molecule has 0 unspecified atom stereocenters. The van der Waals surface area contributed by atoms with Gasteiger partial charge in [0.25, 0.3) is 0 Å². The number of aliphatic carboxylic acids is 1. The first kappa shape index (κ1) is 11.4. The standard InChI is InChI=1S/C12H12ClFO2/c1-7-9(5-8(14)6-10(7)13)12(11(15)16)3-2-4-12/h5-6H,2-4H2,1H3,(H,15,16). The maximum absolute atomic E-state index is 13.3. The Balaban J connectivity index is 2.59. The lowest BCUT2D eigenvalue weighted by Gasteiger charge is -2.39. The highest BCUT2D eigenvalue weighted by Gasteiger charge is 2.47. The molecule has 0 saturated heterocycles. The quantitative estimate of drug-likeness (QED) is 0.864. The van der Waals surface area contributed by atoms with E-state index in [1.54, 1.807) is 6.92 Å². The third-order valence-electron chi connectivity index (χ3n) is 3.44. The van der Waals surface area contributed by atoms with Crippen molar-refractivity contribution in [2.45, 2.75) is 31.6 Å². The summed E-state index contributed by atoms with van der Waals surface area (Å²) in [6.45, 7) is 1.74. The number of halogens is 2. The summed E-state index contributed by atoms with van der Waals surface area (Å²) in [4.78, 5) is 11.3. The zero-order valence-corrected chi connectivity index (χ0v) is 9.64. The second-order valence-corrected chi connectivity index (χ2v) is 4.71. The van der Waals surface area contributed by atoms with E-state index in [9.17, 15) is 14.3 Å². The van der Waals surface area contributed by atoms with Gasteiger partial charge >= 0.3 is 5.97 Å². The summed E-state index contributed by atoms with van der Waals surface area (Å²) in [5, 5.41) is 9.57. The molecule has 1 aromatic rings. The Morgan fingerprint density at radius 3 is 2.56 bits per heavy atom. The van der Waals surface area contributed by atoms with E-state index < -0.39 is 17.2 Å². The van der Waals surface area contributed by atoms with Gasteiger partial charge in [0.2, 0.25) is 0 Å². The second kappa shape index (κ2) is 3.74. The molecule has 86 valence electrons. The van der Waals surface area contributed by atoms with Crippen molar-refractivity contribution in [3.05, 3.63) is 34.1 Å². The second-order valence-electron chi connectivity index (χ2n) is 4.30. The van der Waals surface area contributed by atoms with Gasteiger partial charge in [-0.15, -0.1) is 0 Å². The SMILES string of the molecule is Cc1c(Cl)cc(F)cc1C1(C(=O)O)CCC1. The van der Waals surface area contributed by atoms with Gasteiger partial charge in [0.15, 0.2) is 0 Å². The normalized spacial score (nSPS) is 17.9. The van der Waals surface area contributed by atoms with Crippen LogP contribution in [0.4, 0.5) is 4.39 Å². The molecular formula is C12H12ClFO2. The van der Waals surface area contributed by atoms with Gasteiger partial charge in [-0.25, -0.2) is 4.39 Å². The average molecular weight is 243 g/mol. The zero-order valence-electron chi connectivity index (χ0n) is 8.89. The summed E-state index contributed by atoms with van der Waals surface area (Å²) in [7, 11) is 0. The van der Waals surface area contributed by atoms with E-state index in [0.717, 1.165) is 6.42 Å². The van der Waals surface area contributed by atoms with Crippen molar-refractivity contribution < 1.29 is 14.3 Å². The smallest absolute Gasteiger partial charge is 0.314 e.